The Balaban J connectivity index is 1.29. The highest BCUT2D eigenvalue weighted by molar-refractivity contribution is 5.94. The molecule has 1 aromatic carbocycles. The molecule has 1 aliphatic carbocycles. The van der Waals surface area contributed by atoms with Crippen LogP contribution >= 0.6 is 0 Å². The maximum atomic E-state index is 12.3. The van der Waals surface area contributed by atoms with Crippen LogP contribution in [0.5, 0.6) is 0 Å². The quantitative estimate of drug-likeness (QED) is 0.596. The third-order valence-corrected chi connectivity index (χ3v) is 5.12. The van der Waals surface area contributed by atoms with Crippen LogP contribution in [0.25, 0.3) is 0 Å². The van der Waals surface area contributed by atoms with Crippen LogP contribution < -0.4 is 10.6 Å². The van der Waals surface area contributed by atoms with Gasteiger partial charge in [0, 0.05) is 35.3 Å². The number of aromatic amines is 1. The van der Waals surface area contributed by atoms with Crippen molar-refractivity contribution >= 4 is 17.6 Å². The van der Waals surface area contributed by atoms with Gasteiger partial charge in [0.05, 0.1) is 12.1 Å². The van der Waals surface area contributed by atoms with E-state index in [4.69, 9.17) is 4.52 Å². The maximum absolute atomic E-state index is 12.3. The summed E-state index contributed by atoms with van der Waals surface area (Å²) in [5.41, 5.74) is 2.38. The predicted octanol–water partition coefficient (Wildman–Crippen LogP) is 2.95. The van der Waals surface area contributed by atoms with Crippen LogP contribution in [0.1, 0.15) is 52.7 Å². The Morgan fingerprint density at radius 2 is 2.03 bits per heavy atom. The summed E-state index contributed by atoms with van der Waals surface area (Å²) in [6, 6.07) is 12.9. The van der Waals surface area contributed by atoms with Crippen molar-refractivity contribution in [2.24, 2.45) is 0 Å². The van der Waals surface area contributed by atoms with Crippen molar-refractivity contribution in [3.8, 4) is 0 Å². The molecule has 4 rings (SSSR count). The minimum Gasteiger partial charge on any atom is -0.361 e. The number of aromatic nitrogens is 3. The van der Waals surface area contributed by atoms with Gasteiger partial charge in [-0.05, 0) is 38.3 Å². The zero-order valence-electron chi connectivity index (χ0n) is 16.1. The first-order valence-corrected chi connectivity index (χ1v) is 9.70. The van der Waals surface area contributed by atoms with Crippen molar-refractivity contribution in [2.75, 3.05) is 5.32 Å². The van der Waals surface area contributed by atoms with Crippen LogP contribution in [0.2, 0.25) is 0 Å². The second-order valence-electron chi connectivity index (χ2n) is 7.41. The highest BCUT2D eigenvalue weighted by Crippen LogP contribution is 2.34. The van der Waals surface area contributed by atoms with E-state index in [0.29, 0.717) is 17.1 Å². The zero-order chi connectivity index (χ0) is 20.2. The van der Waals surface area contributed by atoms with Crippen molar-refractivity contribution in [3.05, 3.63) is 65.2 Å². The fraction of sp³-hybridized carbons (Fsp3) is 0.333. The average Bonchev–Trinajstić information content (AvgIpc) is 3.44. The van der Waals surface area contributed by atoms with Gasteiger partial charge in [-0.15, -0.1) is 0 Å². The SMILES string of the molecule is Cc1cc(CC(=O)Nc2cc([C@@H]3CC[C@H](NC(=O)c4ccccc4)C3)[nH]n2)on1. The monoisotopic (exact) mass is 393 g/mol. The van der Waals surface area contributed by atoms with E-state index in [1.54, 1.807) is 6.07 Å². The van der Waals surface area contributed by atoms with E-state index in [1.165, 1.54) is 0 Å². The first-order chi connectivity index (χ1) is 14.1. The van der Waals surface area contributed by atoms with E-state index in [9.17, 15) is 9.59 Å². The van der Waals surface area contributed by atoms with Gasteiger partial charge >= 0.3 is 0 Å². The van der Waals surface area contributed by atoms with Crippen molar-refractivity contribution in [2.45, 2.75) is 44.6 Å². The molecule has 3 aromatic rings. The van der Waals surface area contributed by atoms with Gasteiger partial charge in [0.2, 0.25) is 5.91 Å². The lowest BCUT2D eigenvalue weighted by molar-refractivity contribution is -0.115. The van der Waals surface area contributed by atoms with Crippen LogP contribution in [0, 0.1) is 6.92 Å². The van der Waals surface area contributed by atoms with Gasteiger partial charge in [-0.1, -0.05) is 23.4 Å². The van der Waals surface area contributed by atoms with Crippen molar-refractivity contribution in [1.82, 2.24) is 20.7 Å². The van der Waals surface area contributed by atoms with Crippen LogP contribution in [-0.4, -0.2) is 33.2 Å². The number of nitrogens with zero attached hydrogens (tertiary/aromatic N) is 2. The number of anilines is 1. The molecule has 8 heteroatoms. The molecule has 150 valence electrons. The second-order valence-corrected chi connectivity index (χ2v) is 7.41. The summed E-state index contributed by atoms with van der Waals surface area (Å²) in [6.45, 7) is 1.81. The topological polar surface area (TPSA) is 113 Å². The lowest BCUT2D eigenvalue weighted by Crippen LogP contribution is -2.32. The van der Waals surface area contributed by atoms with Crippen LogP contribution in [0.3, 0.4) is 0 Å². The number of hydrogen-bond donors (Lipinski definition) is 3. The molecule has 2 atom stereocenters. The average molecular weight is 393 g/mol. The van der Waals surface area contributed by atoms with Gasteiger partial charge < -0.3 is 15.2 Å². The lowest BCUT2D eigenvalue weighted by atomic mass is 10.0. The normalized spacial score (nSPS) is 18.5. The third kappa shape index (κ3) is 4.71. The number of hydrogen-bond acceptors (Lipinski definition) is 5. The molecule has 1 saturated carbocycles. The standard InChI is InChI=1S/C21H23N5O3/c1-13-9-17(29-26-13)11-20(27)23-19-12-18(24-25-19)15-7-8-16(10-15)22-21(28)14-5-3-2-4-6-14/h2-6,9,12,15-16H,7-8,10-11H2,1H3,(H,22,28)(H2,23,24,25,27)/t15-,16+/m1/s1. The maximum Gasteiger partial charge on any atom is 0.251 e. The molecular formula is C21H23N5O3. The fourth-order valence-electron chi connectivity index (χ4n) is 3.71. The molecule has 0 radical (unpaired) electrons. The Bertz CT molecular complexity index is 995. The Morgan fingerprint density at radius 1 is 1.21 bits per heavy atom. The van der Waals surface area contributed by atoms with E-state index < -0.39 is 0 Å². The van der Waals surface area contributed by atoms with E-state index in [0.717, 1.165) is 30.7 Å². The molecule has 8 nitrogen and oxygen atoms in total. The number of carbonyl (C=O) groups is 2. The summed E-state index contributed by atoms with van der Waals surface area (Å²) < 4.78 is 5.06. The summed E-state index contributed by atoms with van der Waals surface area (Å²) in [5.74, 6) is 1.02. The molecule has 2 amide bonds. The molecule has 1 aliphatic rings. The third-order valence-electron chi connectivity index (χ3n) is 5.12. The minimum atomic E-state index is -0.210. The molecule has 0 spiro atoms. The van der Waals surface area contributed by atoms with Crippen molar-refractivity contribution < 1.29 is 14.1 Å². The first kappa shape index (κ1) is 18.9. The molecule has 0 aliphatic heterocycles. The van der Waals surface area contributed by atoms with Gasteiger partial charge in [-0.3, -0.25) is 14.7 Å². The Hall–Kier alpha value is -3.42. The number of aryl methyl sites for hydroxylation is 1. The molecular weight excluding hydrogens is 370 g/mol. The Morgan fingerprint density at radius 3 is 2.79 bits per heavy atom. The first-order valence-electron chi connectivity index (χ1n) is 9.70. The van der Waals surface area contributed by atoms with E-state index in [-0.39, 0.29) is 30.2 Å². The predicted molar refractivity (Wildman–Crippen MR) is 106 cm³/mol. The Labute approximate surface area is 168 Å². The van der Waals surface area contributed by atoms with Gasteiger partial charge in [0.1, 0.15) is 5.76 Å². The number of benzene rings is 1. The lowest BCUT2D eigenvalue weighted by Gasteiger charge is -2.13. The smallest absolute Gasteiger partial charge is 0.251 e. The molecule has 2 aromatic heterocycles. The summed E-state index contributed by atoms with van der Waals surface area (Å²) in [5, 5.41) is 16.9. The molecule has 0 saturated heterocycles. The van der Waals surface area contributed by atoms with Gasteiger partial charge in [-0.2, -0.15) is 5.10 Å². The van der Waals surface area contributed by atoms with Gasteiger partial charge in [0.25, 0.3) is 5.91 Å². The molecule has 2 heterocycles. The second kappa shape index (κ2) is 8.30. The zero-order valence-corrected chi connectivity index (χ0v) is 16.1. The highest BCUT2D eigenvalue weighted by Gasteiger charge is 2.28. The van der Waals surface area contributed by atoms with Gasteiger partial charge in [0.15, 0.2) is 5.82 Å². The Kier molecular flexibility index (Phi) is 5.41. The van der Waals surface area contributed by atoms with Crippen molar-refractivity contribution in [3.63, 3.8) is 0 Å². The highest BCUT2D eigenvalue weighted by atomic mass is 16.5. The van der Waals surface area contributed by atoms with Crippen LogP contribution in [0.15, 0.2) is 47.0 Å². The summed E-state index contributed by atoms with van der Waals surface area (Å²) in [6.07, 6.45) is 2.81. The number of H-pyrrole nitrogens is 1. The molecule has 29 heavy (non-hydrogen) atoms. The number of nitrogens with one attached hydrogen (secondary N) is 3. The number of amides is 2. The molecule has 0 bridgehead atoms. The van der Waals surface area contributed by atoms with E-state index in [1.807, 2.05) is 43.3 Å². The molecule has 3 N–H and O–H groups in total. The van der Waals surface area contributed by atoms with Crippen LogP contribution in [-0.2, 0) is 11.2 Å². The number of carbonyl (C=O) groups excluding carboxylic acids is 2. The van der Waals surface area contributed by atoms with E-state index in [2.05, 4.69) is 26.0 Å². The summed E-state index contributed by atoms with van der Waals surface area (Å²) in [4.78, 5) is 24.5. The van der Waals surface area contributed by atoms with Crippen molar-refractivity contribution in [1.29, 1.82) is 0 Å². The fourth-order valence-corrected chi connectivity index (χ4v) is 3.71. The molecule has 0 unspecified atom stereocenters. The minimum absolute atomic E-state index is 0.0449. The van der Waals surface area contributed by atoms with Crippen LogP contribution in [0.4, 0.5) is 5.82 Å². The molecule has 1 fully saturated rings. The number of rotatable bonds is 6. The van der Waals surface area contributed by atoms with Gasteiger partial charge in [-0.25, -0.2) is 0 Å². The summed E-state index contributed by atoms with van der Waals surface area (Å²) in [7, 11) is 0. The summed E-state index contributed by atoms with van der Waals surface area (Å²) >= 11 is 0. The largest absolute Gasteiger partial charge is 0.361 e. The van der Waals surface area contributed by atoms with E-state index >= 15 is 0 Å².